The van der Waals surface area contributed by atoms with Gasteiger partial charge in [0.05, 0.1) is 43.9 Å². The van der Waals surface area contributed by atoms with E-state index in [1.807, 2.05) is 54.5 Å². The maximum atomic E-state index is 13.4. The Kier molecular flexibility index (Phi) is 7.07. The molecule has 2 aliphatic heterocycles. The first-order valence-electron chi connectivity index (χ1n) is 12.6. The highest BCUT2D eigenvalue weighted by Gasteiger charge is 2.44. The topological polar surface area (TPSA) is 82.5 Å². The lowest BCUT2D eigenvalue weighted by Crippen LogP contribution is -2.59. The number of hydrogen-bond donors (Lipinski definition) is 0. The van der Waals surface area contributed by atoms with E-state index in [-0.39, 0.29) is 24.0 Å². The van der Waals surface area contributed by atoms with Crippen molar-refractivity contribution >= 4 is 34.6 Å². The van der Waals surface area contributed by atoms with Crippen molar-refractivity contribution in [3.63, 3.8) is 0 Å². The molecule has 3 aromatic rings. The number of fused-ring (bicyclic) bond motifs is 2. The van der Waals surface area contributed by atoms with Gasteiger partial charge in [0.2, 0.25) is 0 Å². The van der Waals surface area contributed by atoms with E-state index in [1.54, 1.807) is 28.9 Å². The lowest BCUT2D eigenvalue weighted by atomic mass is 10.1. The number of carbonyl (C=O) groups excluding carboxylic acids is 2. The van der Waals surface area contributed by atoms with Crippen molar-refractivity contribution in [3.8, 4) is 10.6 Å². The van der Waals surface area contributed by atoms with Gasteiger partial charge < -0.3 is 14.7 Å². The van der Waals surface area contributed by atoms with Gasteiger partial charge in [-0.25, -0.2) is 14.8 Å². The minimum atomic E-state index is 0.0177. The monoisotopic (exact) mass is 524 g/mol. The van der Waals surface area contributed by atoms with Crippen molar-refractivity contribution < 1.29 is 9.59 Å². The number of thiazole rings is 2. The highest BCUT2D eigenvalue weighted by atomic mass is 32.1. The van der Waals surface area contributed by atoms with E-state index in [0.29, 0.717) is 38.2 Å². The molecule has 3 amide bonds. The third-order valence-corrected chi connectivity index (χ3v) is 9.06. The molecule has 10 heteroatoms. The van der Waals surface area contributed by atoms with Crippen LogP contribution in [0.25, 0.3) is 10.6 Å². The molecule has 2 bridgehead atoms. The summed E-state index contributed by atoms with van der Waals surface area (Å²) in [6, 6.07) is 4.04. The van der Waals surface area contributed by atoms with Crippen molar-refractivity contribution in [2.24, 2.45) is 0 Å². The predicted octanol–water partition coefficient (Wildman–Crippen LogP) is 4.62. The molecule has 190 valence electrons. The Bertz CT molecular complexity index is 1240. The van der Waals surface area contributed by atoms with Crippen LogP contribution < -0.4 is 0 Å². The Hall–Kier alpha value is -2.85. The van der Waals surface area contributed by atoms with Crippen LogP contribution in [0.3, 0.4) is 0 Å². The standard InChI is InChI=1S/C26H32N6O2S2/c1-5-30(6-2)26(34)31-13-20-9-10-21(14-31)32(20)25(33)18-7-8-19(27-12-18)11-23-29-22(15-35-23)24-16(3)28-17(4)36-24/h7-8,12,15,20-21H,5-6,9-11,13-14H2,1-4H3/t20-,21+. The Morgan fingerprint density at radius 3 is 2.39 bits per heavy atom. The maximum Gasteiger partial charge on any atom is 0.320 e. The van der Waals surface area contributed by atoms with Crippen LogP contribution in [-0.4, -0.2) is 79.9 Å². The molecule has 0 saturated carbocycles. The van der Waals surface area contributed by atoms with E-state index < -0.39 is 0 Å². The van der Waals surface area contributed by atoms with E-state index in [1.165, 1.54) is 0 Å². The summed E-state index contributed by atoms with van der Waals surface area (Å²) < 4.78 is 0. The minimum Gasteiger partial charge on any atom is -0.329 e. The Morgan fingerprint density at radius 2 is 1.81 bits per heavy atom. The second-order valence-corrected chi connectivity index (χ2v) is 11.6. The first-order valence-corrected chi connectivity index (χ1v) is 14.3. The number of pyridine rings is 1. The number of aryl methyl sites for hydroxylation is 2. The normalized spacial score (nSPS) is 19.1. The first-order chi connectivity index (χ1) is 17.4. The lowest BCUT2D eigenvalue weighted by Gasteiger charge is -2.42. The van der Waals surface area contributed by atoms with Crippen LogP contribution in [0, 0.1) is 13.8 Å². The van der Waals surface area contributed by atoms with E-state index in [4.69, 9.17) is 4.98 Å². The quantitative estimate of drug-likeness (QED) is 0.470. The summed E-state index contributed by atoms with van der Waals surface area (Å²) in [5, 5.41) is 4.12. The fourth-order valence-corrected chi connectivity index (χ4v) is 7.07. The van der Waals surface area contributed by atoms with Crippen molar-refractivity contribution in [1.82, 2.24) is 29.7 Å². The summed E-state index contributed by atoms with van der Waals surface area (Å²) in [6.45, 7) is 10.7. The SMILES string of the molecule is CCN(CC)C(=O)N1C[C@H]2CC[C@@H](C1)N2C(=O)c1ccc(Cc2nc(-c3sc(C)nc3C)cs2)nc1. The average Bonchev–Trinajstić information content (AvgIpc) is 3.54. The molecule has 2 saturated heterocycles. The van der Waals surface area contributed by atoms with Gasteiger partial charge in [-0.05, 0) is 52.7 Å². The highest BCUT2D eigenvalue weighted by molar-refractivity contribution is 7.16. The molecule has 0 N–H and O–H groups in total. The van der Waals surface area contributed by atoms with E-state index >= 15 is 0 Å². The summed E-state index contributed by atoms with van der Waals surface area (Å²) in [6.07, 6.45) is 4.20. The third-order valence-electron chi connectivity index (χ3n) is 7.11. The van der Waals surface area contributed by atoms with Gasteiger partial charge in [0, 0.05) is 49.9 Å². The van der Waals surface area contributed by atoms with Gasteiger partial charge in [-0.2, -0.15) is 0 Å². The Balaban J connectivity index is 1.23. The molecule has 5 rings (SSSR count). The van der Waals surface area contributed by atoms with E-state index in [9.17, 15) is 9.59 Å². The van der Waals surface area contributed by atoms with Crippen LogP contribution in [-0.2, 0) is 6.42 Å². The number of rotatable bonds is 6. The van der Waals surface area contributed by atoms with Crippen LogP contribution >= 0.6 is 22.7 Å². The van der Waals surface area contributed by atoms with Gasteiger partial charge in [0.15, 0.2) is 0 Å². The van der Waals surface area contributed by atoms with Gasteiger partial charge in [0.1, 0.15) is 0 Å². The molecule has 0 radical (unpaired) electrons. The number of carbonyl (C=O) groups is 2. The van der Waals surface area contributed by atoms with Crippen LogP contribution in [0.5, 0.6) is 0 Å². The molecular formula is C26H32N6O2S2. The fourth-order valence-electron chi connectivity index (χ4n) is 5.31. The van der Waals surface area contributed by atoms with Gasteiger partial charge in [0.25, 0.3) is 5.91 Å². The molecule has 0 aromatic carbocycles. The van der Waals surface area contributed by atoms with Gasteiger partial charge in [-0.1, -0.05) is 0 Å². The largest absolute Gasteiger partial charge is 0.329 e. The second-order valence-electron chi connectivity index (χ2n) is 9.45. The number of nitrogens with zero attached hydrogens (tertiary/aromatic N) is 6. The van der Waals surface area contributed by atoms with Crippen molar-refractivity contribution in [3.05, 3.63) is 50.7 Å². The lowest BCUT2D eigenvalue weighted by molar-refractivity contribution is 0.0445. The molecular weight excluding hydrogens is 492 g/mol. The van der Waals surface area contributed by atoms with E-state index in [0.717, 1.165) is 44.8 Å². The molecule has 2 atom stereocenters. The van der Waals surface area contributed by atoms with Crippen LogP contribution in [0.1, 0.15) is 58.5 Å². The number of aromatic nitrogens is 3. The maximum absolute atomic E-state index is 13.4. The Labute approximate surface area is 220 Å². The van der Waals surface area contributed by atoms with Crippen LogP contribution in [0.15, 0.2) is 23.7 Å². The molecule has 5 heterocycles. The molecule has 2 fully saturated rings. The predicted molar refractivity (Wildman–Crippen MR) is 143 cm³/mol. The molecule has 0 aliphatic carbocycles. The third kappa shape index (κ3) is 4.76. The summed E-state index contributed by atoms with van der Waals surface area (Å²) in [4.78, 5) is 47.0. The van der Waals surface area contributed by atoms with Crippen molar-refractivity contribution in [1.29, 1.82) is 0 Å². The number of amides is 3. The summed E-state index contributed by atoms with van der Waals surface area (Å²) in [7, 11) is 0. The van der Waals surface area contributed by atoms with Crippen LogP contribution in [0.4, 0.5) is 4.79 Å². The number of hydrogen-bond acceptors (Lipinski definition) is 7. The fraction of sp³-hybridized carbons (Fsp3) is 0.500. The minimum absolute atomic E-state index is 0.0177. The number of likely N-dealkylation sites (tertiary alicyclic amines) is 1. The summed E-state index contributed by atoms with van der Waals surface area (Å²) >= 11 is 3.29. The molecule has 2 aliphatic rings. The average molecular weight is 525 g/mol. The zero-order valence-electron chi connectivity index (χ0n) is 21.2. The smallest absolute Gasteiger partial charge is 0.320 e. The van der Waals surface area contributed by atoms with Crippen molar-refractivity contribution in [2.75, 3.05) is 26.2 Å². The molecule has 36 heavy (non-hydrogen) atoms. The van der Waals surface area contributed by atoms with E-state index in [2.05, 4.69) is 15.3 Å². The zero-order chi connectivity index (χ0) is 25.4. The Morgan fingerprint density at radius 1 is 1.08 bits per heavy atom. The first kappa shape index (κ1) is 24.8. The molecule has 0 spiro atoms. The van der Waals surface area contributed by atoms with Crippen molar-refractivity contribution in [2.45, 2.75) is 59.0 Å². The number of urea groups is 1. The molecule has 8 nitrogen and oxygen atoms in total. The molecule has 3 aromatic heterocycles. The number of piperazine rings is 1. The van der Waals surface area contributed by atoms with Crippen LogP contribution in [0.2, 0.25) is 0 Å². The second kappa shape index (κ2) is 10.3. The van der Waals surface area contributed by atoms with Gasteiger partial charge in [-0.3, -0.25) is 9.78 Å². The zero-order valence-corrected chi connectivity index (χ0v) is 22.9. The van der Waals surface area contributed by atoms with Gasteiger partial charge >= 0.3 is 6.03 Å². The summed E-state index contributed by atoms with van der Waals surface area (Å²) in [5.41, 5.74) is 3.48. The summed E-state index contributed by atoms with van der Waals surface area (Å²) in [5.74, 6) is 0.0177. The highest BCUT2D eigenvalue weighted by Crippen LogP contribution is 2.33. The van der Waals surface area contributed by atoms with Gasteiger partial charge in [-0.15, -0.1) is 22.7 Å². The molecule has 0 unspecified atom stereocenters.